The lowest BCUT2D eigenvalue weighted by Gasteiger charge is -2.00. The van der Waals surface area contributed by atoms with Crippen molar-refractivity contribution in [2.24, 2.45) is 0 Å². The third kappa shape index (κ3) is 1.64. The molecule has 1 aromatic heterocycles. The number of nitrogens with zero attached hydrogens (tertiary/aromatic N) is 2. The molecule has 0 spiro atoms. The summed E-state index contributed by atoms with van der Waals surface area (Å²) < 4.78 is 9.21. The van der Waals surface area contributed by atoms with Gasteiger partial charge in [0.05, 0.1) is 11.7 Å². The summed E-state index contributed by atoms with van der Waals surface area (Å²) in [6.45, 7) is 0. The van der Waals surface area contributed by atoms with Crippen LogP contribution in [0.4, 0.5) is 0 Å². The molecule has 0 saturated heterocycles. The summed E-state index contributed by atoms with van der Waals surface area (Å²) in [6, 6.07) is 14.6. The highest BCUT2D eigenvalue weighted by atomic mass is 79.9. The van der Waals surface area contributed by atoms with Crippen molar-refractivity contribution in [2.75, 3.05) is 0 Å². The number of hydrogen-bond acceptors (Lipinski definition) is 3. The Morgan fingerprint density at radius 3 is 2.50 bits per heavy atom. The predicted octanol–water partition coefficient (Wildman–Crippen LogP) is 4.12. The maximum absolute atomic E-state index is 4.28. The molecule has 3 rings (SSSR count). The molecule has 0 aliphatic heterocycles. The largest absolute Gasteiger partial charge is 0.172 e. The minimum absolute atomic E-state index is 0.813. The second-order valence-corrected chi connectivity index (χ2v) is 4.75. The zero-order valence-corrected chi connectivity index (χ0v) is 10.6. The molecule has 4 heteroatoms. The molecule has 0 aliphatic carbocycles. The first-order valence-corrected chi connectivity index (χ1v) is 6.34. The highest BCUT2D eigenvalue weighted by molar-refractivity contribution is 9.10. The number of halogens is 1. The topological polar surface area (TPSA) is 25.8 Å². The molecule has 2 aromatic carbocycles. The van der Waals surface area contributed by atoms with Crippen LogP contribution in [0.1, 0.15) is 0 Å². The first-order chi connectivity index (χ1) is 7.84. The summed E-state index contributed by atoms with van der Waals surface area (Å²) in [5.74, 6) is 0. The Kier molecular flexibility index (Phi) is 2.46. The summed E-state index contributed by atoms with van der Waals surface area (Å²) in [6.07, 6.45) is 0. The summed E-state index contributed by atoms with van der Waals surface area (Å²) in [4.78, 5) is 0. The molecule has 0 unspecified atom stereocenters. The van der Waals surface area contributed by atoms with E-state index in [9.17, 15) is 0 Å². The van der Waals surface area contributed by atoms with Gasteiger partial charge in [0, 0.05) is 5.56 Å². The van der Waals surface area contributed by atoms with Gasteiger partial charge < -0.3 is 0 Å². The molecule has 0 fully saturated rings. The van der Waals surface area contributed by atoms with Gasteiger partial charge in [-0.2, -0.15) is 8.75 Å². The van der Waals surface area contributed by atoms with Gasteiger partial charge in [0.2, 0.25) is 0 Å². The van der Waals surface area contributed by atoms with E-state index in [1.807, 2.05) is 12.1 Å². The number of rotatable bonds is 1. The van der Waals surface area contributed by atoms with Crippen LogP contribution in [0, 0.1) is 0 Å². The normalized spacial score (nSPS) is 10.8. The van der Waals surface area contributed by atoms with Gasteiger partial charge in [-0.3, -0.25) is 0 Å². The van der Waals surface area contributed by atoms with E-state index in [1.165, 1.54) is 22.5 Å². The number of hydrogen-bond donors (Lipinski definition) is 0. The Hall–Kier alpha value is -1.26. The maximum atomic E-state index is 4.28. The molecule has 78 valence electrons. The number of aromatic nitrogens is 2. The summed E-state index contributed by atoms with van der Waals surface area (Å²) in [7, 11) is 0. The Bertz CT molecular complexity index is 648. The van der Waals surface area contributed by atoms with E-state index < -0.39 is 0 Å². The second kappa shape index (κ2) is 3.96. The van der Waals surface area contributed by atoms with Gasteiger partial charge in [-0.15, -0.1) is 0 Å². The molecule has 3 aromatic rings. The molecular formula is C12H7BrN2S. The van der Waals surface area contributed by atoms with E-state index in [0.717, 1.165) is 15.9 Å². The van der Waals surface area contributed by atoms with Crippen LogP contribution in [0.5, 0.6) is 0 Å². The van der Waals surface area contributed by atoms with Gasteiger partial charge in [0.25, 0.3) is 0 Å². The summed E-state index contributed by atoms with van der Waals surface area (Å²) >= 11 is 4.62. The van der Waals surface area contributed by atoms with Crippen molar-refractivity contribution in [3.05, 3.63) is 47.1 Å². The Morgan fingerprint density at radius 2 is 1.75 bits per heavy atom. The fraction of sp³-hybridized carbons (Fsp3) is 0. The van der Waals surface area contributed by atoms with Crippen molar-refractivity contribution < 1.29 is 0 Å². The van der Waals surface area contributed by atoms with Crippen LogP contribution in [0.25, 0.3) is 22.0 Å². The highest BCUT2D eigenvalue weighted by Gasteiger charge is 2.07. The molecule has 16 heavy (non-hydrogen) atoms. The van der Waals surface area contributed by atoms with E-state index in [4.69, 9.17) is 0 Å². The van der Waals surface area contributed by atoms with Crippen LogP contribution in [-0.4, -0.2) is 8.75 Å². The predicted molar refractivity (Wildman–Crippen MR) is 70.6 cm³/mol. The lowest BCUT2D eigenvalue weighted by Crippen LogP contribution is -1.79. The molecule has 1 heterocycles. The zero-order valence-electron chi connectivity index (χ0n) is 8.22. The molecule has 0 atom stereocenters. The molecule has 2 nitrogen and oxygen atoms in total. The summed E-state index contributed by atoms with van der Waals surface area (Å²) in [5, 5.41) is 2.46. The van der Waals surface area contributed by atoms with E-state index >= 15 is 0 Å². The van der Waals surface area contributed by atoms with Gasteiger partial charge in [-0.1, -0.05) is 36.4 Å². The van der Waals surface area contributed by atoms with Crippen molar-refractivity contribution in [2.45, 2.75) is 0 Å². The third-order valence-corrected chi connectivity index (χ3v) is 3.79. The molecular weight excluding hydrogens is 284 g/mol. The first kappa shape index (κ1) is 9.93. The van der Waals surface area contributed by atoms with Crippen LogP contribution in [0.3, 0.4) is 0 Å². The monoisotopic (exact) mass is 290 g/mol. The van der Waals surface area contributed by atoms with Crippen molar-refractivity contribution in [3.8, 4) is 11.3 Å². The number of benzene rings is 2. The van der Waals surface area contributed by atoms with E-state index in [1.54, 1.807) is 0 Å². The Labute approximate surface area is 105 Å². The fourth-order valence-electron chi connectivity index (χ4n) is 1.69. The molecule has 0 radical (unpaired) electrons. The fourth-order valence-corrected chi connectivity index (χ4v) is 2.79. The van der Waals surface area contributed by atoms with Crippen molar-refractivity contribution in [3.63, 3.8) is 0 Å². The number of fused-ring (bicyclic) bond motifs is 1. The van der Waals surface area contributed by atoms with Crippen molar-refractivity contribution in [1.82, 2.24) is 8.75 Å². The SMILES string of the molecule is Brc1nsnc1-c1ccc2ccccc2c1. The lowest BCUT2D eigenvalue weighted by molar-refractivity contribution is 1.45. The van der Waals surface area contributed by atoms with Crippen LogP contribution < -0.4 is 0 Å². The molecule has 0 bridgehead atoms. The van der Waals surface area contributed by atoms with Gasteiger partial charge in [0.15, 0.2) is 0 Å². The van der Waals surface area contributed by atoms with E-state index in [0.29, 0.717) is 0 Å². The van der Waals surface area contributed by atoms with E-state index in [2.05, 4.69) is 55.0 Å². The van der Waals surface area contributed by atoms with Crippen LogP contribution in [-0.2, 0) is 0 Å². The third-order valence-electron chi connectivity index (χ3n) is 2.47. The van der Waals surface area contributed by atoms with Crippen LogP contribution in [0.2, 0.25) is 0 Å². The van der Waals surface area contributed by atoms with Gasteiger partial charge in [-0.25, -0.2) is 0 Å². The zero-order chi connectivity index (χ0) is 11.0. The highest BCUT2D eigenvalue weighted by Crippen LogP contribution is 2.28. The first-order valence-electron chi connectivity index (χ1n) is 4.82. The Morgan fingerprint density at radius 1 is 0.938 bits per heavy atom. The quantitative estimate of drug-likeness (QED) is 0.674. The minimum Gasteiger partial charge on any atom is -0.172 e. The smallest absolute Gasteiger partial charge is 0.147 e. The van der Waals surface area contributed by atoms with Gasteiger partial charge >= 0.3 is 0 Å². The van der Waals surface area contributed by atoms with Crippen LogP contribution in [0.15, 0.2) is 47.1 Å². The lowest BCUT2D eigenvalue weighted by atomic mass is 10.1. The molecule has 0 amide bonds. The van der Waals surface area contributed by atoms with Crippen molar-refractivity contribution >= 4 is 38.4 Å². The second-order valence-electron chi connectivity index (χ2n) is 3.47. The van der Waals surface area contributed by atoms with Gasteiger partial charge in [0.1, 0.15) is 10.3 Å². The molecule has 0 N–H and O–H groups in total. The molecule has 0 aliphatic rings. The molecule has 0 saturated carbocycles. The average Bonchev–Trinajstić information content (AvgIpc) is 2.75. The minimum atomic E-state index is 0.813. The average molecular weight is 291 g/mol. The van der Waals surface area contributed by atoms with Crippen LogP contribution >= 0.6 is 27.7 Å². The standard InChI is InChI=1S/C12H7BrN2S/c13-12-11(14-16-15-12)10-6-5-8-3-1-2-4-9(8)7-10/h1-7H. The van der Waals surface area contributed by atoms with Crippen molar-refractivity contribution in [1.29, 1.82) is 0 Å². The van der Waals surface area contributed by atoms with Gasteiger partial charge in [-0.05, 0) is 32.8 Å². The maximum Gasteiger partial charge on any atom is 0.147 e. The summed E-state index contributed by atoms with van der Waals surface area (Å²) in [5.41, 5.74) is 2.01. The Balaban J connectivity index is 2.23. The van der Waals surface area contributed by atoms with E-state index in [-0.39, 0.29) is 0 Å².